The van der Waals surface area contributed by atoms with Crippen LogP contribution < -0.4 is 9.04 Å². The number of methoxy groups -OCH3 is 1. The predicted molar refractivity (Wildman–Crippen MR) is 119 cm³/mol. The number of ether oxygens (including phenoxy) is 1. The van der Waals surface area contributed by atoms with Crippen molar-refractivity contribution in [1.82, 2.24) is 4.98 Å². The van der Waals surface area contributed by atoms with Crippen molar-refractivity contribution in [2.24, 2.45) is 0 Å². The Labute approximate surface area is 186 Å². The van der Waals surface area contributed by atoms with Crippen LogP contribution in [0.1, 0.15) is 11.3 Å². The molecule has 0 bridgehead atoms. The third-order valence-electron chi connectivity index (χ3n) is 4.91. The molecule has 0 radical (unpaired) electrons. The number of halogens is 1. The Hall–Kier alpha value is -3.65. The number of anilines is 1. The summed E-state index contributed by atoms with van der Waals surface area (Å²) in [7, 11) is -2.59. The number of nitrogens with zero attached hydrogens (tertiary/aromatic N) is 2. The topological polar surface area (TPSA) is 72.6 Å². The molecule has 0 spiro atoms. The highest BCUT2D eigenvalue weighted by Gasteiger charge is 2.28. The minimum absolute atomic E-state index is 0.0490. The lowest BCUT2D eigenvalue weighted by molar-refractivity contribution is 0.415. The molecule has 0 fully saturated rings. The van der Waals surface area contributed by atoms with Crippen LogP contribution in [0.4, 0.5) is 10.1 Å². The Bertz CT molecular complexity index is 1320. The molecule has 3 aromatic carbocycles. The molecule has 164 valence electrons. The van der Waals surface area contributed by atoms with Crippen LogP contribution >= 0.6 is 0 Å². The van der Waals surface area contributed by atoms with Crippen LogP contribution in [0.2, 0.25) is 0 Å². The molecule has 0 aliphatic rings. The fourth-order valence-electron chi connectivity index (χ4n) is 3.22. The monoisotopic (exact) mass is 452 g/mol. The molecule has 0 N–H and O–H groups in total. The predicted octanol–water partition coefficient (Wildman–Crippen LogP) is 5.19. The van der Waals surface area contributed by atoms with Gasteiger partial charge in [0.2, 0.25) is 5.89 Å². The first kappa shape index (κ1) is 21.6. The number of hydrogen-bond donors (Lipinski definition) is 0. The Morgan fingerprint density at radius 1 is 1.00 bits per heavy atom. The summed E-state index contributed by atoms with van der Waals surface area (Å²) in [6, 6.07) is 19.1. The average molecular weight is 453 g/mol. The van der Waals surface area contributed by atoms with Crippen LogP contribution in [0.3, 0.4) is 0 Å². The van der Waals surface area contributed by atoms with Gasteiger partial charge in [0.1, 0.15) is 23.5 Å². The fraction of sp³-hybridized carbons (Fsp3) is 0.125. The van der Waals surface area contributed by atoms with Crippen LogP contribution in [0, 0.1) is 12.7 Å². The summed E-state index contributed by atoms with van der Waals surface area (Å²) in [6.07, 6.45) is 1.43. The van der Waals surface area contributed by atoms with Crippen LogP contribution in [-0.2, 0) is 16.6 Å². The molecule has 0 atom stereocenters. The first-order valence-corrected chi connectivity index (χ1v) is 11.3. The Morgan fingerprint density at radius 3 is 2.38 bits per heavy atom. The second-order valence-corrected chi connectivity index (χ2v) is 9.01. The van der Waals surface area contributed by atoms with Gasteiger partial charge in [0.05, 0.1) is 24.2 Å². The molecule has 0 aliphatic heterocycles. The van der Waals surface area contributed by atoms with E-state index in [-0.39, 0.29) is 11.4 Å². The van der Waals surface area contributed by atoms with E-state index in [1.54, 1.807) is 24.3 Å². The molecule has 8 heteroatoms. The SMILES string of the molecule is COc1ccccc1N(Cc1coc(-c2ccc(C)cc2)n1)S(=O)(=O)c1ccc(F)cc1. The van der Waals surface area contributed by atoms with Gasteiger partial charge < -0.3 is 9.15 Å². The van der Waals surface area contributed by atoms with Gasteiger partial charge in [-0.25, -0.2) is 17.8 Å². The van der Waals surface area contributed by atoms with E-state index in [0.29, 0.717) is 23.0 Å². The molecule has 0 saturated heterocycles. The summed E-state index contributed by atoms with van der Waals surface area (Å²) in [5, 5.41) is 0. The van der Waals surface area contributed by atoms with Gasteiger partial charge in [-0.15, -0.1) is 0 Å². The smallest absolute Gasteiger partial charge is 0.264 e. The first-order chi connectivity index (χ1) is 15.4. The molecular formula is C24H21FN2O4S. The highest BCUT2D eigenvalue weighted by Crippen LogP contribution is 2.34. The van der Waals surface area contributed by atoms with Crippen LogP contribution in [0.25, 0.3) is 11.5 Å². The van der Waals surface area contributed by atoms with E-state index in [1.165, 1.54) is 29.8 Å². The van der Waals surface area contributed by atoms with Gasteiger partial charge in [-0.3, -0.25) is 4.31 Å². The van der Waals surface area contributed by atoms with E-state index >= 15 is 0 Å². The lowest BCUT2D eigenvalue weighted by atomic mass is 10.1. The second kappa shape index (κ2) is 8.84. The molecule has 0 amide bonds. The minimum atomic E-state index is -4.06. The number of sulfonamides is 1. The van der Waals surface area contributed by atoms with Gasteiger partial charge >= 0.3 is 0 Å². The molecule has 32 heavy (non-hydrogen) atoms. The number of para-hydroxylation sites is 2. The molecule has 1 heterocycles. The zero-order valence-corrected chi connectivity index (χ0v) is 18.3. The van der Waals surface area contributed by atoms with E-state index in [9.17, 15) is 12.8 Å². The third-order valence-corrected chi connectivity index (χ3v) is 6.69. The van der Waals surface area contributed by atoms with E-state index in [2.05, 4.69) is 4.98 Å². The molecule has 6 nitrogen and oxygen atoms in total. The highest BCUT2D eigenvalue weighted by atomic mass is 32.2. The van der Waals surface area contributed by atoms with Crippen molar-refractivity contribution < 1.29 is 22.0 Å². The summed E-state index contributed by atoms with van der Waals surface area (Å²) in [4.78, 5) is 4.43. The highest BCUT2D eigenvalue weighted by molar-refractivity contribution is 7.92. The van der Waals surface area contributed by atoms with E-state index in [1.807, 2.05) is 31.2 Å². The zero-order chi connectivity index (χ0) is 22.7. The summed E-state index contributed by atoms with van der Waals surface area (Å²) in [6.45, 7) is 1.88. The largest absolute Gasteiger partial charge is 0.495 e. The second-order valence-electron chi connectivity index (χ2n) is 7.15. The van der Waals surface area contributed by atoms with Crippen LogP contribution in [0.5, 0.6) is 5.75 Å². The number of oxazole rings is 1. The van der Waals surface area contributed by atoms with E-state index in [4.69, 9.17) is 9.15 Å². The summed E-state index contributed by atoms with van der Waals surface area (Å²) in [5.74, 6) is 0.242. The minimum Gasteiger partial charge on any atom is -0.495 e. The quantitative estimate of drug-likeness (QED) is 0.386. The average Bonchev–Trinajstić information content (AvgIpc) is 3.27. The lowest BCUT2D eigenvalue weighted by Crippen LogP contribution is -2.31. The summed E-state index contributed by atoms with van der Waals surface area (Å²) >= 11 is 0. The lowest BCUT2D eigenvalue weighted by Gasteiger charge is -2.25. The standard InChI is InChI=1S/C24H21FN2O4S/c1-17-7-9-18(10-8-17)24-26-20(16-31-24)15-27(22-5-3-4-6-23(22)30-2)32(28,29)21-13-11-19(25)12-14-21/h3-14,16H,15H2,1-2H3. The van der Waals surface area contributed by atoms with Gasteiger partial charge in [0.25, 0.3) is 10.0 Å². The third kappa shape index (κ3) is 4.36. The maximum absolute atomic E-state index is 13.5. The Kier molecular flexibility index (Phi) is 5.96. The maximum Gasteiger partial charge on any atom is 0.264 e. The van der Waals surface area contributed by atoms with Gasteiger partial charge in [-0.1, -0.05) is 29.8 Å². The van der Waals surface area contributed by atoms with Crippen molar-refractivity contribution >= 4 is 15.7 Å². The van der Waals surface area contributed by atoms with Crippen molar-refractivity contribution in [2.45, 2.75) is 18.4 Å². The van der Waals surface area contributed by atoms with Crippen molar-refractivity contribution in [1.29, 1.82) is 0 Å². The fourth-order valence-corrected chi connectivity index (χ4v) is 4.67. The van der Waals surface area contributed by atoms with Gasteiger partial charge in [0, 0.05) is 5.56 Å². The van der Waals surface area contributed by atoms with Crippen molar-refractivity contribution in [2.75, 3.05) is 11.4 Å². The van der Waals surface area contributed by atoms with E-state index < -0.39 is 15.8 Å². The van der Waals surface area contributed by atoms with Crippen molar-refractivity contribution in [3.63, 3.8) is 0 Å². The molecule has 0 aliphatic carbocycles. The number of rotatable bonds is 7. The summed E-state index contributed by atoms with van der Waals surface area (Å²) in [5.41, 5.74) is 2.64. The Balaban J connectivity index is 1.75. The molecule has 4 aromatic rings. The van der Waals surface area contributed by atoms with Crippen LogP contribution in [-0.4, -0.2) is 20.5 Å². The molecule has 4 rings (SSSR count). The maximum atomic E-state index is 13.5. The van der Waals surface area contributed by atoms with E-state index in [0.717, 1.165) is 23.3 Å². The zero-order valence-electron chi connectivity index (χ0n) is 17.5. The number of aromatic nitrogens is 1. The van der Waals surface area contributed by atoms with Gasteiger partial charge in [-0.05, 0) is 55.5 Å². The molecule has 1 aromatic heterocycles. The normalized spacial score (nSPS) is 11.3. The Morgan fingerprint density at radius 2 is 1.69 bits per heavy atom. The summed E-state index contributed by atoms with van der Waals surface area (Å²) < 4.78 is 52.6. The number of benzene rings is 3. The number of aryl methyl sites for hydroxylation is 1. The molecule has 0 unspecified atom stereocenters. The van der Waals surface area contributed by atoms with Crippen molar-refractivity contribution in [3.8, 4) is 17.2 Å². The first-order valence-electron chi connectivity index (χ1n) is 9.81. The number of hydrogen-bond acceptors (Lipinski definition) is 5. The van der Waals surface area contributed by atoms with Gasteiger partial charge in [0.15, 0.2) is 0 Å². The molecule has 0 saturated carbocycles. The van der Waals surface area contributed by atoms with Gasteiger partial charge in [-0.2, -0.15) is 0 Å². The molecular weight excluding hydrogens is 431 g/mol. The van der Waals surface area contributed by atoms with Crippen molar-refractivity contribution in [3.05, 3.63) is 96.1 Å². The van der Waals surface area contributed by atoms with Crippen LogP contribution in [0.15, 0.2) is 88.4 Å².